The standard InChI is InChI=1S/C18H26FN3O4S/c1-12(2)16(21-27(25,26)15-7-5-4-6-14(15)19)18(24)22-10-8-13(9-11-22)17(23)20-3/h4-7,12-13,16,21H,8-11H2,1-3H3,(H,20,23)/t16-/m0/s1. The molecule has 150 valence electrons. The molecule has 0 saturated carbocycles. The van der Waals surface area contributed by atoms with Gasteiger partial charge in [-0.2, -0.15) is 4.72 Å². The molecule has 1 saturated heterocycles. The minimum atomic E-state index is -4.18. The van der Waals surface area contributed by atoms with E-state index in [9.17, 15) is 22.4 Å². The minimum Gasteiger partial charge on any atom is -0.359 e. The molecule has 1 aromatic rings. The van der Waals surface area contributed by atoms with Gasteiger partial charge in [-0.15, -0.1) is 0 Å². The number of likely N-dealkylation sites (tertiary alicyclic amines) is 1. The quantitative estimate of drug-likeness (QED) is 0.749. The van der Waals surface area contributed by atoms with Crippen LogP contribution >= 0.6 is 0 Å². The van der Waals surface area contributed by atoms with Crippen molar-refractivity contribution in [2.45, 2.75) is 37.6 Å². The van der Waals surface area contributed by atoms with Crippen LogP contribution in [0.5, 0.6) is 0 Å². The normalized spacial score (nSPS) is 17.0. The molecule has 1 fully saturated rings. The number of carbonyl (C=O) groups excluding carboxylic acids is 2. The maximum Gasteiger partial charge on any atom is 0.244 e. The van der Waals surface area contributed by atoms with Crippen LogP contribution in [0.25, 0.3) is 0 Å². The van der Waals surface area contributed by atoms with E-state index in [2.05, 4.69) is 10.0 Å². The predicted octanol–water partition coefficient (Wildman–Crippen LogP) is 1.11. The maximum absolute atomic E-state index is 13.9. The Labute approximate surface area is 159 Å². The highest BCUT2D eigenvalue weighted by Gasteiger charge is 2.35. The molecule has 1 heterocycles. The summed E-state index contributed by atoms with van der Waals surface area (Å²) in [6.45, 7) is 4.20. The minimum absolute atomic E-state index is 0.0530. The molecule has 0 aliphatic carbocycles. The molecule has 0 radical (unpaired) electrons. The lowest BCUT2D eigenvalue weighted by molar-refractivity contribution is -0.137. The number of piperidine rings is 1. The van der Waals surface area contributed by atoms with Gasteiger partial charge in [-0.25, -0.2) is 12.8 Å². The first-order valence-electron chi connectivity index (χ1n) is 8.94. The second kappa shape index (κ2) is 8.79. The fourth-order valence-corrected chi connectivity index (χ4v) is 4.54. The first-order chi connectivity index (χ1) is 12.7. The third-order valence-electron chi connectivity index (χ3n) is 4.76. The largest absolute Gasteiger partial charge is 0.359 e. The third-order valence-corrected chi connectivity index (χ3v) is 6.24. The zero-order chi connectivity index (χ0) is 20.2. The van der Waals surface area contributed by atoms with Crippen LogP contribution in [0.1, 0.15) is 26.7 Å². The highest BCUT2D eigenvalue weighted by atomic mass is 32.2. The van der Waals surface area contributed by atoms with Gasteiger partial charge >= 0.3 is 0 Å². The summed E-state index contributed by atoms with van der Waals surface area (Å²) in [7, 11) is -2.61. The number of nitrogens with zero attached hydrogens (tertiary/aromatic N) is 1. The zero-order valence-corrected chi connectivity index (χ0v) is 16.6. The number of halogens is 1. The average Bonchev–Trinajstić information content (AvgIpc) is 2.65. The molecular formula is C18H26FN3O4S. The summed E-state index contributed by atoms with van der Waals surface area (Å²) in [5.41, 5.74) is 0. The number of benzene rings is 1. The number of nitrogens with one attached hydrogen (secondary N) is 2. The first-order valence-corrected chi connectivity index (χ1v) is 10.4. The second-order valence-electron chi connectivity index (χ2n) is 6.99. The van der Waals surface area contributed by atoms with E-state index in [0.29, 0.717) is 25.9 Å². The lowest BCUT2D eigenvalue weighted by Gasteiger charge is -2.34. The molecule has 2 N–H and O–H groups in total. The van der Waals surface area contributed by atoms with Gasteiger partial charge in [0, 0.05) is 26.1 Å². The van der Waals surface area contributed by atoms with E-state index in [1.165, 1.54) is 12.1 Å². The molecule has 0 spiro atoms. The summed E-state index contributed by atoms with van der Waals surface area (Å²) in [6, 6.07) is 4.04. The molecule has 2 rings (SSSR count). The van der Waals surface area contributed by atoms with Gasteiger partial charge in [0.2, 0.25) is 21.8 Å². The van der Waals surface area contributed by atoms with E-state index in [4.69, 9.17) is 0 Å². The number of rotatable bonds is 6. The van der Waals surface area contributed by atoms with Gasteiger partial charge in [0.15, 0.2) is 0 Å². The monoisotopic (exact) mass is 399 g/mol. The van der Waals surface area contributed by atoms with Crippen molar-refractivity contribution in [2.75, 3.05) is 20.1 Å². The number of hydrogen-bond acceptors (Lipinski definition) is 4. The van der Waals surface area contributed by atoms with E-state index in [0.717, 1.165) is 12.1 Å². The SMILES string of the molecule is CNC(=O)C1CCN(C(=O)[C@@H](NS(=O)(=O)c2ccccc2F)C(C)C)CC1. The second-order valence-corrected chi connectivity index (χ2v) is 8.67. The predicted molar refractivity (Wildman–Crippen MR) is 98.7 cm³/mol. The van der Waals surface area contributed by atoms with Crippen LogP contribution < -0.4 is 10.0 Å². The highest BCUT2D eigenvalue weighted by Crippen LogP contribution is 2.21. The molecule has 7 nitrogen and oxygen atoms in total. The van der Waals surface area contributed by atoms with Crippen LogP contribution in [-0.4, -0.2) is 51.3 Å². The van der Waals surface area contributed by atoms with Crippen molar-refractivity contribution < 1.29 is 22.4 Å². The van der Waals surface area contributed by atoms with Crippen LogP contribution in [0, 0.1) is 17.7 Å². The average molecular weight is 399 g/mol. The van der Waals surface area contributed by atoms with Gasteiger partial charge in [-0.05, 0) is 30.9 Å². The van der Waals surface area contributed by atoms with E-state index in [-0.39, 0.29) is 23.7 Å². The molecule has 1 aliphatic rings. The Bertz CT molecular complexity index is 790. The number of amides is 2. The maximum atomic E-state index is 13.9. The summed E-state index contributed by atoms with van der Waals surface area (Å²) >= 11 is 0. The number of carbonyl (C=O) groups is 2. The van der Waals surface area contributed by atoms with E-state index in [1.54, 1.807) is 25.8 Å². The fourth-order valence-electron chi connectivity index (χ4n) is 3.13. The van der Waals surface area contributed by atoms with Crippen LogP contribution in [0.3, 0.4) is 0 Å². The molecule has 2 amide bonds. The Morgan fingerprint density at radius 2 is 1.78 bits per heavy atom. The third kappa shape index (κ3) is 5.04. The van der Waals surface area contributed by atoms with Gasteiger partial charge < -0.3 is 10.2 Å². The fraction of sp³-hybridized carbons (Fsp3) is 0.556. The zero-order valence-electron chi connectivity index (χ0n) is 15.7. The van der Waals surface area contributed by atoms with Crippen molar-refractivity contribution in [1.29, 1.82) is 0 Å². The first kappa shape index (κ1) is 21.3. The van der Waals surface area contributed by atoms with Crippen molar-refractivity contribution >= 4 is 21.8 Å². The molecule has 0 aromatic heterocycles. The van der Waals surface area contributed by atoms with Crippen molar-refractivity contribution in [3.05, 3.63) is 30.1 Å². The summed E-state index contributed by atoms with van der Waals surface area (Å²) in [5.74, 6) is -1.75. The molecule has 1 atom stereocenters. The van der Waals surface area contributed by atoms with Gasteiger partial charge in [0.25, 0.3) is 0 Å². The Hall–Kier alpha value is -2.00. The molecule has 0 unspecified atom stereocenters. The lowest BCUT2D eigenvalue weighted by Crippen LogP contribution is -2.53. The van der Waals surface area contributed by atoms with Crippen LogP contribution in [-0.2, 0) is 19.6 Å². The van der Waals surface area contributed by atoms with Gasteiger partial charge in [-0.3, -0.25) is 9.59 Å². The molecule has 1 aliphatic heterocycles. The number of sulfonamides is 1. The van der Waals surface area contributed by atoms with E-state index in [1.807, 2.05) is 0 Å². The molecular weight excluding hydrogens is 373 g/mol. The van der Waals surface area contributed by atoms with Crippen molar-refractivity contribution in [2.24, 2.45) is 11.8 Å². The summed E-state index contributed by atoms with van der Waals surface area (Å²) in [6.07, 6.45) is 1.05. The van der Waals surface area contributed by atoms with Crippen LogP contribution in [0.2, 0.25) is 0 Å². The topological polar surface area (TPSA) is 95.6 Å². The van der Waals surface area contributed by atoms with Crippen molar-refractivity contribution in [1.82, 2.24) is 14.9 Å². The van der Waals surface area contributed by atoms with Crippen LogP contribution in [0.4, 0.5) is 4.39 Å². The van der Waals surface area contributed by atoms with Crippen molar-refractivity contribution in [3.8, 4) is 0 Å². The van der Waals surface area contributed by atoms with Crippen molar-refractivity contribution in [3.63, 3.8) is 0 Å². The van der Waals surface area contributed by atoms with Gasteiger partial charge in [0.05, 0.1) is 0 Å². The summed E-state index contributed by atoms with van der Waals surface area (Å²) < 4.78 is 41.4. The Morgan fingerprint density at radius 3 is 2.30 bits per heavy atom. The summed E-state index contributed by atoms with van der Waals surface area (Å²) in [4.78, 5) is 25.7. The molecule has 1 aromatic carbocycles. The van der Waals surface area contributed by atoms with E-state index < -0.39 is 26.8 Å². The Morgan fingerprint density at radius 1 is 1.19 bits per heavy atom. The smallest absolute Gasteiger partial charge is 0.244 e. The molecule has 0 bridgehead atoms. The van der Waals surface area contributed by atoms with Gasteiger partial charge in [-0.1, -0.05) is 26.0 Å². The molecule has 9 heteroatoms. The molecule has 27 heavy (non-hydrogen) atoms. The number of hydrogen-bond donors (Lipinski definition) is 2. The van der Waals surface area contributed by atoms with E-state index >= 15 is 0 Å². The van der Waals surface area contributed by atoms with Crippen LogP contribution in [0.15, 0.2) is 29.2 Å². The Balaban J connectivity index is 2.12. The summed E-state index contributed by atoms with van der Waals surface area (Å²) in [5, 5.41) is 2.60. The Kier molecular flexibility index (Phi) is 6.94. The lowest BCUT2D eigenvalue weighted by atomic mass is 9.94. The highest BCUT2D eigenvalue weighted by molar-refractivity contribution is 7.89. The van der Waals surface area contributed by atoms with Gasteiger partial charge in [0.1, 0.15) is 16.8 Å².